The third-order valence-electron chi connectivity index (χ3n) is 3.99. The van der Waals surface area contributed by atoms with Crippen LogP contribution in [0.1, 0.15) is 23.2 Å². The van der Waals surface area contributed by atoms with E-state index in [1.807, 2.05) is 0 Å². The second kappa shape index (κ2) is 8.23. The lowest BCUT2D eigenvalue weighted by atomic mass is 10.2. The zero-order valence-electron chi connectivity index (χ0n) is 14.0. The largest absolute Gasteiger partial charge is 0.495 e. The van der Waals surface area contributed by atoms with Crippen LogP contribution < -0.4 is 14.8 Å². The molecule has 1 N–H and O–H groups in total. The summed E-state index contributed by atoms with van der Waals surface area (Å²) in [6.45, 7) is 1.34. The number of nitrogens with one attached hydrogen (secondary N) is 1. The van der Waals surface area contributed by atoms with Gasteiger partial charge in [-0.15, -0.1) is 0 Å². The van der Waals surface area contributed by atoms with Gasteiger partial charge in [0, 0.05) is 17.2 Å². The average molecular weight is 362 g/mol. The lowest BCUT2D eigenvalue weighted by Crippen LogP contribution is -2.16. The highest BCUT2D eigenvalue weighted by Gasteiger charge is 2.16. The lowest BCUT2D eigenvalue weighted by molar-refractivity contribution is 0.0679. The van der Waals surface area contributed by atoms with E-state index in [1.165, 1.54) is 0 Å². The third kappa shape index (κ3) is 4.65. The van der Waals surface area contributed by atoms with Gasteiger partial charge in [0.25, 0.3) is 5.91 Å². The van der Waals surface area contributed by atoms with Crippen molar-refractivity contribution in [3.8, 4) is 11.5 Å². The van der Waals surface area contributed by atoms with Crippen LogP contribution in [0.2, 0.25) is 5.02 Å². The van der Waals surface area contributed by atoms with Gasteiger partial charge in [-0.1, -0.05) is 11.6 Å². The van der Waals surface area contributed by atoms with Gasteiger partial charge < -0.3 is 19.5 Å². The van der Waals surface area contributed by atoms with Gasteiger partial charge in [-0.25, -0.2) is 0 Å². The van der Waals surface area contributed by atoms with E-state index in [2.05, 4.69) is 5.32 Å². The number of rotatable bonds is 6. The monoisotopic (exact) mass is 361 g/mol. The second-order valence-electron chi connectivity index (χ2n) is 5.77. The van der Waals surface area contributed by atoms with E-state index in [4.69, 9.17) is 25.8 Å². The maximum Gasteiger partial charge on any atom is 0.255 e. The summed E-state index contributed by atoms with van der Waals surface area (Å²) in [4.78, 5) is 12.4. The van der Waals surface area contributed by atoms with Crippen molar-refractivity contribution in [3.05, 3.63) is 53.1 Å². The average Bonchev–Trinajstić information content (AvgIpc) is 3.14. The minimum Gasteiger partial charge on any atom is -0.495 e. The van der Waals surface area contributed by atoms with Crippen molar-refractivity contribution in [2.45, 2.75) is 18.9 Å². The molecule has 1 aliphatic rings. The van der Waals surface area contributed by atoms with Crippen molar-refractivity contribution < 1.29 is 19.0 Å². The number of carbonyl (C=O) groups excluding carboxylic acids is 1. The van der Waals surface area contributed by atoms with Gasteiger partial charge in [0.05, 0.1) is 18.9 Å². The van der Waals surface area contributed by atoms with E-state index < -0.39 is 0 Å². The predicted octanol–water partition coefficient (Wildman–Crippen LogP) is 4.16. The molecule has 0 unspecified atom stereocenters. The minimum absolute atomic E-state index is 0.165. The predicted molar refractivity (Wildman–Crippen MR) is 96.9 cm³/mol. The van der Waals surface area contributed by atoms with Gasteiger partial charge in [-0.3, -0.25) is 4.79 Å². The molecule has 0 radical (unpaired) electrons. The molecule has 132 valence electrons. The number of methoxy groups -OCH3 is 1. The van der Waals surface area contributed by atoms with Gasteiger partial charge in [0.15, 0.2) is 0 Å². The first-order chi connectivity index (χ1) is 12.2. The molecule has 0 saturated carbocycles. The highest BCUT2D eigenvalue weighted by atomic mass is 35.5. The number of halogens is 1. The maximum atomic E-state index is 12.4. The molecule has 1 aliphatic heterocycles. The van der Waals surface area contributed by atoms with E-state index in [9.17, 15) is 4.79 Å². The molecular weight excluding hydrogens is 342 g/mol. The van der Waals surface area contributed by atoms with E-state index in [0.717, 1.165) is 19.4 Å². The summed E-state index contributed by atoms with van der Waals surface area (Å²) in [6.07, 6.45) is 2.28. The van der Waals surface area contributed by atoms with Crippen LogP contribution in [0.5, 0.6) is 11.5 Å². The van der Waals surface area contributed by atoms with Crippen molar-refractivity contribution in [2.24, 2.45) is 0 Å². The summed E-state index contributed by atoms with van der Waals surface area (Å²) in [5.41, 5.74) is 1.05. The smallest absolute Gasteiger partial charge is 0.255 e. The van der Waals surface area contributed by atoms with Gasteiger partial charge in [0.2, 0.25) is 0 Å². The van der Waals surface area contributed by atoms with E-state index in [-0.39, 0.29) is 12.0 Å². The molecule has 25 heavy (non-hydrogen) atoms. The van der Waals surface area contributed by atoms with Crippen molar-refractivity contribution in [2.75, 3.05) is 25.6 Å². The maximum absolute atomic E-state index is 12.4. The van der Waals surface area contributed by atoms with Gasteiger partial charge in [0.1, 0.15) is 18.1 Å². The van der Waals surface area contributed by atoms with Crippen molar-refractivity contribution in [1.29, 1.82) is 0 Å². The lowest BCUT2D eigenvalue weighted by Gasteiger charge is -2.12. The highest BCUT2D eigenvalue weighted by molar-refractivity contribution is 6.31. The van der Waals surface area contributed by atoms with Crippen LogP contribution in [0.25, 0.3) is 0 Å². The highest BCUT2D eigenvalue weighted by Crippen LogP contribution is 2.28. The zero-order valence-corrected chi connectivity index (χ0v) is 14.7. The van der Waals surface area contributed by atoms with Gasteiger partial charge in [-0.2, -0.15) is 0 Å². The third-order valence-corrected chi connectivity index (χ3v) is 4.22. The number of hydrogen-bond donors (Lipinski definition) is 1. The van der Waals surface area contributed by atoms with Crippen molar-refractivity contribution in [1.82, 2.24) is 0 Å². The number of carbonyl (C=O) groups is 1. The molecular formula is C19H20ClNO4. The number of benzene rings is 2. The second-order valence-corrected chi connectivity index (χ2v) is 6.21. The van der Waals surface area contributed by atoms with E-state index >= 15 is 0 Å². The Labute approximate surface area is 151 Å². The van der Waals surface area contributed by atoms with Crippen LogP contribution in [0.3, 0.4) is 0 Å². The molecule has 1 amide bonds. The molecule has 0 aliphatic carbocycles. The van der Waals surface area contributed by atoms with Crippen LogP contribution in [0, 0.1) is 0 Å². The topological polar surface area (TPSA) is 56.8 Å². The zero-order chi connectivity index (χ0) is 17.6. The summed E-state index contributed by atoms with van der Waals surface area (Å²) < 4.78 is 16.5. The minimum atomic E-state index is -0.244. The van der Waals surface area contributed by atoms with Crippen LogP contribution >= 0.6 is 11.6 Å². The summed E-state index contributed by atoms with van der Waals surface area (Å²) in [5.74, 6) is 1.02. The van der Waals surface area contributed by atoms with Crippen LogP contribution in [-0.4, -0.2) is 32.3 Å². The molecule has 0 bridgehead atoms. The van der Waals surface area contributed by atoms with Gasteiger partial charge >= 0.3 is 0 Å². The fourth-order valence-corrected chi connectivity index (χ4v) is 2.81. The van der Waals surface area contributed by atoms with Crippen LogP contribution in [-0.2, 0) is 4.74 Å². The van der Waals surface area contributed by atoms with Gasteiger partial charge in [-0.05, 0) is 55.3 Å². The molecule has 0 aromatic heterocycles. The molecule has 1 fully saturated rings. The number of ether oxygens (including phenoxy) is 3. The first kappa shape index (κ1) is 17.6. The van der Waals surface area contributed by atoms with Crippen LogP contribution in [0.15, 0.2) is 42.5 Å². The molecule has 2 aromatic carbocycles. The van der Waals surface area contributed by atoms with Crippen LogP contribution in [0.4, 0.5) is 5.69 Å². The molecule has 6 heteroatoms. The Bertz CT molecular complexity index is 727. The van der Waals surface area contributed by atoms with E-state index in [0.29, 0.717) is 34.4 Å². The summed E-state index contributed by atoms with van der Waals surface area (Å²) in [6, 6.07) is 12.1. The van der Waals surface area contributed by atoms with Crippen molar-refractivity contribution in [3.63, 3.8) is 0 Å². The Morgan fingerprint density at radius 2 is 2.08 bits per heavy atom. The molecule has 1 saturated heterocycles. The normalized spacial score (nSPS) is 16.5. The Hall–Kier alpha value is -2.24. The Morgan fingerprint density at radius 1 is 1.28 bits per heavy atom. The summed E-state index contributed by atoms with van der Waals surface area (Å²) >= 11 is 5.98. The SMILES string of the molecule is COc1ccc(Cl)cc1NC(=O)c1ccc(OC[C@@H]2CCCO2)cc1. The Kier molecular flexibility index (Phi) is 5.79. The van der Waals surface area contributed by atoms with E-state index in [1.54, 1.807) is 49.6 Å². The fourth-order valence-electron chi connectivity index (χ4n) is 2.64. The summed E-state index contributed by atoms with van der Waals surface area (Å²) in [5, 5.41) is 3.33. The molecule has 5 nitrogen and oxygen atoms in total. The summed E-state index contributed by atoms with van der Waals surface area (Å²) in [7, 11) is 1.54. The number of hydrogen-bond acceptors (Lipinski definition) is 4. The number of anilines is 1. The Balaban J connectivity index is 1.61. The molecule has 1 heterocycles. The molecule has 1 atom stereocenters. The quantitative estimate of drug-likeness (QED) is 0.839. The molecule has 0 spiro atoms. The Morgan fingerprint density at radius 3 is 2.76 bits per heavy atom. The number of amides is 1. The standard InChI is InChI=1S/C19H20ClNO4/c1-23-18-9-6-14(20)11-17(18)21-19(22)13-4-7-15(8-5-13)25-12-16-3-2-10-24-16/h4-9,11,16H,2-3,10,12H2,1H3,(H,21,22)/t16-/m0/s1. The fraction of sp³-hybridized carbons (Fsp3) is 0.316. The first-order valence-electron chi connectivity index (χ1n) is 8.15. The van der Waals surface area contributed by atoms with Crippen molar-refractivity contribution >= 4 is 23.2 Å². The molecule has 3 rings (SSSR count). The molecule has 2 aromatic rings. The first-order valence-corrected chi connectivity index (χ1v) is 8.53.